The lowest BCUT2D eigenvalue weighted by Gasteiger charge is -2.32. The van der Waals surface area contributed by atoms with E-state index >= 15 is 0 Å². The molecule has 3 aromatic rings. The number of rotatable bonds is 4. The summed E-state index contributed by atoms with van der Waals surface area (Å²) in [5.74, 6) is -0.186. The Balaban J connectivity index is 1.72. The highest BCUT2D eigenvalue weighted by Gasteiger charge is 2.57. The number of ether oxygens (including phenoxy) is 1. The first kappa shape index (κ1) is 19.8. The molecule has 2 aliphatic heterocycles. The quantitative estimate of drug-likeness (QED) is 0.651. The molecule has 1 spiro atoms. The number of nitrogens with zero attached hydrogens (tertiary/aromatic N) is 3. The molecule has 3 amide bonds. The molecular weight excluding hydrogens is 410 g/mol. The number of carbonyl (C=O) groups is 3. The van der Waals surface area contributed by atoms with E-state index in [0.717, 1.165) is 5.56 Å². The van der Waals surface area contributed by atoms with Gasteiger partial charge in [0.05, 0.1) is 19.0 Å². The Kier molecular flexibility index (Phi) is 4.30. The molecular formula is C23H21N5O4. The fourth-order valence-electron chi connectivity index (χ4n) is 4.64. The van der Waals surface area contributed by atoms with Gasteiger partial charge in [0.25, 0.3) is 0 Å². The van der Waals surface area contributed by atoms with Gasteiger partial charge in [-0.3, -0.25) is 14.4 Å². The zero-order valence-electron chi connectivity index (χ0n) is 17.6. The minimum absolute atomic E-state index is 0.0845. The second-order valence-electron chi connectivity index (χ2n) is 8.03. The van der Waals surface area contributed by atoms with Gasteiger partial charge in [0.1, 0.15) is 23.5 Å². The standard InChI is InChI=1S/C23H21N5O4/c1-13-3-8-18-16(9-13)23(22(31)27(18)12-19(24)29)10-20(30)26-21-17(23)11-25-28(21)14-4-6-15(32-2)7-5-14/h3-9,11H,10,12H2,1-2H3,(H2,24,29)(H,26,30)/t23-/m1/s1. The van der Waals surface area contributed by atoms with Crippen LogP contribution in [0.15, 0.2) is 48.7 Å². The molecule has 0 radical (unpaired) electrons. The number of aryl methyl sites for hydroxylation is 1. The van der Waals surface area contributed by atoms with Crippen molar-refractivity contribution >= 4 is 29.2 Å². The van der Waals surface area contributed by atoms with Gasteiger partial charge in [0.15, 0.2) is 0 Å². The molecule has 0 saturated heterocycles. The van der Waals surface area contributed by atoms with Gasteiger partial charge in [0.2, 0.25) is 17.7 Å². The lowest BCUT2D eigenvalue weighted by atomic mass is 9.71. The normalized spacial score (nSPS) is 19.0. The zero-order valence-corrected chi connectivity index (χ0v) is 17.6. The summed E-state index contributed by atoms with van der Waals surface area (Å²) in [6.45, 7) is 1.65. The Morgan fingerprint density at radius 1 is 1.19 bits per heavy atom. The highest BCUT2D eigenvalue weighted by Crippen LogP contribution is 2.52. The van der Waals surface area contributed by atoms with E-state index in [2.05, 4.69) is 10.4 Å². The minimum Gasteiger partial charge on any atom is -0.497 e. The van der Waals surface area contributed by atoms with Crippen LogP contribution in [0.1, 0.15) is 23.1 Å². The summed E-state index contributed by atoms with van der Waals surface area (Å²) in [4.78, 5) is 39.8. The summed E-state index contributed by atoms with van der Waals surface area (Å²) in [7, 11) is 1.58. The molecule has 3 heterocycles. The Hall–Kier alpha value is -4.14. The highest BCUT2D eigenvalue weighted by atomic mass is 16.5. The third-order valence-electron chi connectivity index (χ3n) is 6.06. The molecule has 2 aliphatic rings. The van der Waals surface area contributed by atoms with Crippen molar-refractivity contribution < 1.29 is 19.1 Å². The molecule has 0 unspecified atom stereocenters. The van der Waals surface area contributed by atoms with Crippen LogP contribution < -0.4 is 20.7 Å². The van der Waals surface area contributed by atoms with Crippen LogP contribution in [0, 0.1) is 6.92 Å². The summed E-state index contributed by atoms with van der Waals surface area (Å²) in [5.41, 5.74) is 7.62. The van der Waals surface area contributed by atoms with Crippen LogP contribution >= 0.6 is 0 Å². The van der Waals surface area contributed by atoms with Crippen LogP contribution in [0.3, 0.4) is 0 Å². The van der Waals surface area contributed by atoms with Gasteiger partial charge in [-0.25, -0.2) is 4.68 Å². The van der Waals surface area contributed by atoms with Crippen LogP contribution in [-0.4, -0.2) is 41.2 Å². The number of hydrogen-bond acceptors (Lipinski definition) is 5. The molecule has 0 aliphatic carbocycles. The maximum atomic E-state index is 13.8. The van der Waals surface area contributed by atoms with Gasteiger partial charge >= 0.3 is 0 Å². The van der Waals surface area contributed by atoms with E-state index in [1.807, 2.05) is 31.2 Å². The Bertz CT molecular complexity index is 1280. The number of amides is 3. The first-order valence-electron chi connectivity index (χ1n) is 10.1. The van der Waals surface area contributed by atoms with E-state index in [4.69, 9.17) is 10.5 Å². The van der Waals surface area contributed by atoms with Crippen molar-refractivity contribution in [3.8, 4) is 11.4 Å². The first-order chi connectivity index (χ1) is 15.3. The predicted octanol–water partition coefficient (Wildman–Crippen LogP) is 1.65. The third kappa shape index (κ3) is 2.71. The number of hydrogen-bond donors (Lipinski definition) is 2. The third-order valence-corrected chi connectivity index (χ3v) is 6.06. The number of fused-ring (bicyclic) bond motifs is 4. The SMILES string of the molecule is COc1ccc(-n2ncc3c2NC(=O)C[C@]32C(=O)N(CC(N)=O)c3ccc(C)cc32)cc1. The molecule has 0 saturated carbocycles. The minimum atomic E-state index is -1.28. The topological polar surface area (TPSA) is 120 Å². The maximum Gasteiger partial charge on any atom is 0.243 e. The number of nitrogens with one attached hydrogen (secondary N) is 1. The van der Waals surface area contributed by atoms with Crippen molar-refractivity contribution in [1.82, 2.24) is 9.78 Å². The van der Waals surface area contributed by atoms with Crippen molar-refractivity contribution in [3.05, 3.63) is 65.4 Å². The van der Waals surface area contributed by atoms with Crippen LogP contribution in [0.25, 0.3) is 5.69 Å². The summed E-state index contributed by atoms with van der Waals surface area (Å²) in [6.07, 6.45) is 1.52. The van der Waals surface area contributed by atoms with Crippen molar-refractivity contribution in [1.29, 1.82) is 0 Å². The Labute approximate surface area is 183 Å². The van der Waals surface area contributed by atoms with E-state index in [1.54, 1.807) is 36.2 Å². The smallest absolute Gasteiger partial charge is 0.243 e. The summed E-state index contributed by atoms with van der Waals surface area (Å²) < 4.78 is 6.80. The lowest BCUT2D eigenvalue weighted by molar-refractivity contribution is -0.127. The fourth-order valence-corrected chi connectivity index (χ4v) is 4.64. The van der Waals surface area contributed by atoms with Crippen LogP contribution in [0.4, 0.5) is 11.5 Å². The zero-order chi connectivity index (χ0) is 22.6. The number of nitrogens with two attached hydrogens (primary N) is 1. The van der Waals surface area contributed by atoms with Crippen molar-refractivity contribution in [3.63, 3.8) is 0 Å². The van der Waals surface area contributed by atoms with Crippen LogP contribution in [-0.2, 0) is 19.8 Å². The molecule has 5 rings (SSSR count). The molecule has 1 aromatic heterocycles. The molecule has 32 heavy (non-hydrogen) atoms. The van der Waals surface area contributed by atoms with Gasteiger partial charge in [0, 0.05) is 17.7 Å². The van der Waals surface area contributed by atoms with E-state index in [-0.39, 0.29) is 24.8 Å². The van der Waals surface area contributed by atoms with Gasteiger partial charge in [-0.1, -0.05) is 17.7 Å². The number of carbonyl (C=O) groups excluding carboxylic acids is 3. The molecule has 0 bridgehead atoms. The number of primary amides is 1. The summed E-state index contributed by atoms with van der Waals surface area (Å²) in [6, 6.07) is 12.8. The van der Waals surface area contributed by atoms with Gasteiger partial charge < -0.3 is 20.7 Å². The molecule has 1 atom stereocenters. The molecule has 3 N–H and O–H groups in total. The first-order valence-corrected chi connectivity index (χ1v) is 10.1. The molecule has 0 fully saturated rings. The van der Waals surface area contributed by atoms with Crippen molar-refractivity contribution in [2.24, 2.45) is 5.73 Å². The molecule has 162 valence electrons. The van der Waals surface area contributed by atoms with E-state index < -0.39 is 11.3 Å². The average Bonchev–Trinajstić information content (AvgIpc) is 3.28. The van der Waals surface area contributed by atoms with Crippen molar-refractivity contribution in [2.75, 3.05) is 23.9 Å². The lowest BCUT2D eigenvalue weighted by Crippen LogP contribution is -2.48. The predicted molar refractivity (Wildman–Crippen MR) is 117 cm³/mol. The van der Waals surface area contributed by atoms with Gasteiger partial charge in [-0.2, -0.15) is 5.10 Å². The second-order valence-corrected chi connectivity index (χ2v) is 8.03. The second kappa shape index (κ2) is 6.94. The van der Waals surface area contributed by atoms with E-state index in [9.17, 15) is 14.4 Å². The number of benzene rings is 2. The maximum absolute atomic E-state index is 13.8. The van der Waals surface area contributed by atoms with Gasteiger partial charge in [-0.05, 0) is 42.8 Å². The van der Waals surface area contributed by atoms with Crippen molar-refractivity contribution in [2.45, 2.75) is 18.8 Å². The highest BCUT2D eigenvalue weighted by molar-refractivity contribution is 6.17. The monoisotopic (exact) mass is 431 g/mol. The average molecular weight is 431 g/mol. The molecule has 9 nitrogen and oxygen atoms in total. The summed E-state index contributed by atoms with van der Waals surface area (Å²) >= 11 is 0. The van der Waals surface area contributed by atoms with E-state index in [1.165, 1.54) is 4.90 Å². The molecule has 2 aromatic carbocycles. The molecule has 9 heteroatoms. The summed E-state index contributed by atoms with van der Waals surface area (Å²) in [5, 5.41) is 7.37. The van der Waals surface area contributed by atoms with Crippen LogP contribution in [0.2, 0.25) is 0 Å². The number of anilines is 2. The number of methoxy groups -OCH3 is 1. The van der Waals surface area contributed by atoms with Gasteiger partial charge in [-0.15, -0.1) is 0 Å². The van der Waals surface area contributed by atoms with Crippen LogP contribution in [0.5, 0.6) is 5.75 Å². The Morgan fingerprint density at radius 3 is 2.62 bits per heavy atom. The largest absolute Gasteiger partial charge is 0.497 e. The Morgan fingerprint density at radius 2 is 1.94 bits per heavy atom. The fraction of sp³-hybridized carbons (Fsp3) is 0.217. The number of aromatic nitrogens is 2. The van der Waals surface area contributed by atoms with E-state index in [0.29, 0.717) is 34.1 Å².